The summed E-state index contributed by atoms with van der Waals surface area (Å²) >= 11 is 0. The number of ether oxygens (including phenoxy) is 3. The van der Waals surface area contributed by atoms with E-state index in [1.165, 1.54) is 19.0 Å². The smallest absolute Gasteiger partial charge is 0.255 e. The highest BCUT2D eigenvalue weighted by molar-refractivity contribution is 6.04. The second-order valence-corrected chi connectivity index (χ2v) is 15.7. The summed E-state index contributed by atoms with van der Waals surface area (Å²) in [7, 11) is 2.98. The van der Waals surface area contributed by atoms with Crippen molar-refractivity contribution in [1.29, 1.82) is 0 Å². The van der Waals surface area contributed by atoms with Crippen LogP contribution in [0.1, 0.15) is 83.5 Å². The molecule has 2 saturated heterocycles. The Kier molecular flexibility index (Phi) is 11.6. The third-order valence-electron chi connectivity index (χ3n) is 11.5. The SMILES string of the molecule is CNC(=O)C(CCC=O)N(C)C(=O)c1cc(N[C@H]2C[C@@H](Oc3ccc(C(C)(C)c4ccc(OCc5ccnc(N6CC7(CCO7)C6)n5)cc4)cc3)C2)ccc1C=O. The van der Waals surface area contributed by atoms with E-state index in [1.807, 2.05) is 30.3 Å². The molecule has 7 rings (SSSR count). The molecular weight excluding hydrogens is 725 g/mol. The van der Waals surface area contributed by atoms with E-state index in [2.05, 4.69) is 58.6 Å². The van der Waals surface area contributed by atoms with Crippen LogP contribution in [0.4, 0.5) is 11.6 Å². The number of amides is 2. The molecule has 0 bridgehead atoms. The summed E-state index contributed by atoms with van der Waals surface area (Å²) in [5.74, 6) is 1.44. The monoisotopic (exact) mass is 774 g/mol. The molecule has 2 N–H and O–H groups in total. The van der Waals surface area contributed by atoms with E-state index in [1.54, 1.807) is 24.4 Å². The molecule has 13 heteroatoms. The largest absolute Gasteiger partial charge is 0.490 e. The first-order valence-electron chi connectivity index (χ1n) is 19.5. The lowest BCUT2D eigenvalue weighted by molar-refractivity contribution is -0.161. The van der Waals surface area contributed by atoms with E-state index >= 15 is 0 Å². The van der Waals surface area contributed by atoms with Crippen molar-refractivity contribution in [1.82, 2.24) is 20.2 Å². The number of rotatable bonds is 17. The van der Waals surface area contributed by atoms with E-state index in [0.717, 1.165) is 73.2 Å². The predicted octanol–water partition coefficient (Wildman–Crippen LogP) is 5.36. The summed E-state index contributed by atoms with van der Waals surface area (Å²) < 4.78 is 18.1. The molecule has 1 saturated carbocycles. The van der Waals surface area contributed by atoms with Crippen LogP contribution in [0, 0.1) is 0 Å². The third kappa shape index (κ3) is 8.63. The van der Waals surface area contributed by atoms with Crippen molar-refractivity contribution >= 4 is 36.0 Å². The standard InChI is InChI=1S/C44H50N6O7/c1-43(2,30-8-13-35(14-9-30)55-26-33-17-19-46-42(48-33)50-27-44(28-50)18-21-56-44)31-10-15-36(16-11-31)57-37-22-34(23-37)47-32-12-7-29(25-52)38(24-32)41(54)49(4)39(6-5-20-51)40(53)45-3/h7-17,19-20,24-25,34,37,39,47H,5-6,18,21-23,26-28H2,1-4H3,(H,45,53)/t34-,37+,39?. The lowest BCUT2D eigenvalue weighted by atomic mass is 9.78. The maximum atomic E-state index is 13.5. The first-order valence-corrected chi connectivity index (χ1v) is 19.5. The van der Waals surface area contributed by atoms with Crippen molar-refractivity contribution in [2.75, 3.05) is 44.0 Å². The molecule has 1 aromatic heterocycles. The van der Waals surface area contributed by atoms with Gasteiger partial charge in [-0.05, 0) is 66.1 Å². The van der Waals surface area contributed by atoms with Gasteiger partial charge in [-0.3, -0.25) is 14.4 Å². The van der Waals surface area contributed by atoms with Crippen molar-refractivity contribution < 1.29 is 33.4 Å². The van der Waals surface area contributed by atoms with Gasteiger partial charge in [0.2, 0.25) is 11.9 Å². The maximum absolute atomic E-state index is 13.5. The molecular formula is C44H50N6O7. The number of carbonyl (C=O) groups excluding carboxylic acids is 4. The van der Waals surface area contributed by atoms with Crippen LogP contribution in [0.25, 0.3) is 0 Å². The van der Waals surface area contributed by atoms with Gasteiger partial charge in [-0.2, -0.15) is 0 Å². The Morgan fingerprint density at radius 1 is 1.02 bits per heavy atom. The van der Waals surface area contributed by atoms with Crippen LogP contribution in [-0.4, -0.2) is 96.8 Å². The number of aromatic nitrogens is 2. The molecule has 3 fully saturated rings. The van der Waals surface area contributed by atoms with Crippen LogP contribution >= 0.6 is 0 Å². The highest BCUT2D eigenvalue weighted by atomic mass is 16.5. The van der Waals surface area contributed by atoms with E-state index in [9.17, 15) is 19.2 Å². The van der Waals surface area contributed by atoms with Crippen LogP contribution in [0.5, 0.6) is 11.5 Å². The Labute approximate surface area is 333 Å². The molecule has 2 amide bonds. The quantitative estimate of drug-likeness (QED) is 0.133. The molecule has 4 aromatic rings. The van der Waals surface area contributed by atoms with Gasteiger partial charge in [-0.25, -0.2) is 9.97 Å². The molecule has 1 spiro atoms. The first-order chi connectivity index (χ1) is 27.5. The van der Waals surface area contributed by atoms with Crippen LogP contribution < -0.4 is 25.0 Å². The molecule has 3 heterocycles. The summed E-state index contributed by atoms with van der Waals surface area (Å²) in [4.78, 5) is 61.3. The molecule has 0 radical (unpaired) electrons. The molecule has 1 atom stereocenters. The minimum Gasteiger partial charge on any atom is -0.490 e. The predicted molar refractivity (Wildman–Crippen MR) is 215 cm³/mol. The van der Waals surface area contributed by atoms with Crippen LogP contribution in [0.2, 0.25) is 0 Å². The second kappa shape index (κ2) is 16.7. The fourth-order valence-corrected chi connectivity index (χ4v) is 7.66. The summed E-state index contributed by atoms with van der Waals surface area (Å²) in [6.45, 7) is 7.28. The van der Waals surface area contributed by atoms with Crippen LogP contribution in [0.15, 0.2) is 79.0 Å². The molecule has 3 aliphatic rings. The average Bonchev–Trinajstić information content (AvgIpc) is 3.18. The van der Waals surface area contributed by atoms with Crippen molar-refractivity contribution in [3.05, 3.63) is 107 Å². The molecule has 298 valence electrons. The van der Waals surface area contributed by atoms with Gasteiger partial charge in [-0.15, -0.1) is 0 Å². The molecule has 1 unspecified atom stereocenters. The Morgan fingerprint density at radius 3 is 2.32 bits per heavy atom. The topological polar surface area (TPSA) is 152 Å². The maximum Gasteiger partial charge on any atom is 0.255 e. The normalized spacial score (nSPS) is 18.6. The number of hydrogen-bond donors (Lipinski definition) is 2. The highest BCUT2D eigenvalue weighted by Gasteiger charge is 2.50. The zero-order valence-electron chi connectivity index (χ0n) is 32.9. The molecule has 57 heavy (non-hydrogen) atoms. The minimum absolute atomic E-state index is 0.0236. The third-order valence-corrected chi connectivity index (χ3v) is 11.5. The van der Waals surface area contributed by atoms with Gasteiger partial charge < -0.3 is 39.4 Å². The highest BCUT2D eigenvalue weighted by Crippen LogP contribution is 2.38. The number of benzene rings is 3. The Balaban J connectivity index is 0.889. The van der Waals surface area contributed by atoms with Crippen LogP contribution in [-0.2, 0) is 26.3 Å². The lowest BCUT2D eigenvalue weighted by Gasteiger charge is -2.55. The lowest BCUT2D eigenvalue weighted by Crippen LogP contribution is -2.68. The van der Waals surface area contributed by atoms with Gasteiger partial charge in [0, 0.05) is 68.7 Å². The molecule has 2 aliphatic heterocycles. The number of carbonyl (C=O) groups is 4. The summed E-state index contributed by atoms with van der Waals surface area (Å²) in [6.07, 6.45) is 6.08. The fraction of sp³-hybridized carbons (Fsp3) is 0.409. The van der Waals surface area contributed by atoms with E-state index in [0.29, 0.717) is 24.9 Å². The van der Waals surface area contributed by atoms with Gasteiger partial charge in [0.1, 0.15) is 42.1 Å². The summed E-state index contributed by atoms with van der Waals surface area (Å²) in [6, 6.07) is 22.6. The van der Waals surface area contributed by atoms with Crippen molar-refractivity contribution in [3.63, 3.8) is 0 Å². The molecule has 1 aliphatic carbocycles. The molecule has 3 aromatic carbocycles. The zero-order chi connectivity index (χ0) is 40.2. The second-order valence-electron chi connectivity index (χ2n) is 15.7. The van der Waals surface area contributed by atoms with Gasteiger partial charge in [0.25, 0.3) is 5.91 Å². The van der Waals surface area contributed by atoms with Gasteiger partial charge >= 0.3 is 0 Å². The fourth-order valence-electron chi connectivity index (χ4n) is 7.66. The van der Waals surface area contributed by atoms with Crippen LogP contribution in [0.3, 0.4) is 0 Å². The van der Waals surface area contributed by atoms with E-state index < -0.39 is 11.9 Å². The van der Waals surface area contributed by atoms with E-state index in [4.69, 9.17) is 19.2 Å². The summed E-state index contributed by atoms with van der Waals surface area (Å²) in [5, 5.41) is 5.99. The Hall–Kier alpha value is -5.82. The Bertz CT molecular complexity index is 2070. The van der Waals surface area contributed by atoms with Crippen molar-refractivity contribution in [2.45, 2.75) is 81.8 Å². The number of nitrogens with one attached hydrogen (secondary N) is 2. The zero-order valence-corrected chi connectivity index (χ0v) is 32.9. The number of hydrogen-bond acceptors (Lipinski definition) is 11. The number of aldehydes is 2. The number of anilines is 2. The van der Waals surface area contributed by atoms with Gasteiger partial charge in [-0.1, -0.05) is 38.1 Å². The van der Waals surface area contributed by atoms with Crippen molar-refractivity contribution in [3.8, 4) is 11.5 Å². The average molecular weight is 775 g/mol. The van der Waals surface area contributed by atoms with Gasteiger partial charge in [0.15, 0.2) is 6.29 Å². The first kappa shape index (κ1) is 39.4. The Morgan fingerprint density at radius 2 is 1.70 bits per heavy atom. The van der Waals surface area contributed by atoms with Crippen molar-refractivity contribution in [2.24, 2.45) is 0 Å². The van der Waals surface area contributed by atoms with Gasteiger partial charge in [0.05, 0.1) is 31.0 Å². The minimum atomic E-state index is -0.844. The number of likely N-dealkylation sites (N-methyl/N-ethyl adjacent to an activating group) is 2. The summed E-state index contributed by atoms with van der Waals surface area (Å²) in [5.41, 5.74) is 4.01. The van der Waals surface area contributed by atoms with E-state index in [-0.39, 0.29) is 53.0 Å². The molecule has 13 nitrogen and oxygen atoms in total. The number of nitrogens with zero attached hydrogens (tertiary/aromatic N) is 4.